The molecule has 0 spiro atoms. The largest absolute Gasteiger partial charge is 0.493 e. The molecule has 0 saturated heterocycles. The quantitative estimate of drug-likeness (QED) is 0.769. The fraction of sp³-hybridized carbons (Fsp3) is 0.571. The fourth-order valence-electron chi connectivity index (χ4n) is 1.73. The van der Waals surface area contributed by atoms with Crippen LogP contribution < -0.4 is 14.8 Å². The molecule has 1 unspecified atom stereocenters. The number of halogens is 1. The molecule has 0 bridgehead atoms. The lowest BCUT2D eigenvalue weighted by molar-refractivity contribution is 0.238. The predicted molar refractivity (Wildman–Crippen MR) is 79.9 cm³/mol. The van der Waals surface area contributed by atoms with Crippen LogP contribution in [0.4, 0.5) is 0 Å². The number of rotatable bonds is 8. The first-order chi connectivity index (χ1) is 9.15. The molecule has 5 heteroatoms. The van der Waals surface area contributed by atoms with E-state index < -0.39 is 0 Å². The lowest BCUT2D eigenvalue weighted by Gasteiger charge is -2.17. The van der Waals surface area contributed by atoms with Gasteiger partial charge in [0, 0.05) is 17.1 Å². The topological polar surface area (TPSA) is 50.7 Å². The molecule has 0 amide bonds. The molecule has 108 valence electrons. The standard InChI is InChI=1S/C14H22BrNO3/c1-4-11(9-17)16-8-10-6-14(19-5-2)13(18-3)7-12(10)15/h6-7,11,16-17H,4-5,8-9H2,1-3H3. The molecule has 0 aliphatic heterocycles. The number of ether oxygens (including phenoxy) is 2. The van der Waals surface area contributed by atoms with Crippen LogP contribution in [0, 0.1) is 0 Å². The summed E-state index contributed by atoms with van der Waals surface area (Å²) < 4.78 is 11.8. The molecule has 0 fully saturated rings. The zero-order valence-electron chi connectivity index (χ0n) is 11.7. The molecule has 0 heterocycles. The van der Waals surface area contributed by atoms with E-state index in [9.17, 15) is 5.11 Å². The van der Waals surface area contributed by atoms with Gasteiger partial charge in [-0.3, -0.25) is 0 Å². The minimum Gasteiger partial charge on any atom is -0.493 e. The summed E-state index contributed by atoms with van der Waals surface area (Å²) in [7, 11) is 1.63. The van der Waals surface area contributed by atoms with Gasteiger partial charge in [0.2, 0.25) is 0 Å². The summed E-state index contributed by atoms with van der Waals surface area (Å²) in [6.07, 6.45) is 0.891. The normalized spacial score (nSPS) is 12.3. The van der Waals surface area contributed by atoms with Gasteiger partial charge in [-0.25, -0.2) is 0 Å². The summed E-state index contributed by atoms with van der Waals surface area (Å²) in [6.45, 7) is 5.40. The van der Waals surface area contributed by atoms with E-state index in [-0.39, 0.29) is 12.6 Å². The summed E-state index contributed by atoms with van der Waals surface area (Å²) in [6, 6.07) is 3.98. The fourth-order valence-corrected chi connectivity index (χ4v) is 2.20. The maximum atomic E-state index is 9.18. The van der Waals surface area contributed by atoms with Crippen LogP contribution in [0.3, 0.4) is 0 Å². The minimum absolute atomic E-state index is 0.115. The van der Waals surface area contributed by atoms with E-state index in [2.05, 4.69) is 21.2 Å². The van der Waals surface area contributed by atoms with Gasteiger partial charge in [-0.15, -0.1) is 0 Å². The van der Waals surface area contributed by atoms with E-state index in [1.54, 1.807) is 7.11 Å². The number of hydrogen-bond donors (Lipinski definition) is 2. The molecule has 0 radical (unpaired) electrons. The van der Waals surface area contributed by atoms with Crippen molar-refractivity contribution >= 4 is 15.9 Å². The molecule has 1 aromatic carbocycles. The Balaban J connectivity index is 2.85. The van der Waals surface area contributed by atoms with E-state index in [0.29, 0.717) is 18.9 Å². The summed E-state index contributed by atoms with van der Waals surface area (Å²) in [4.78, 5) is 0. The number of nitrogens with one attached hydrogen (secondary N) is 1. The summed E-state index contributed by atoms with van der Waals surface area (Å²) in [5.41, 5.74) is 1.08. The molecule has 4 nitrogen and oxygen atoms in total. The Morgan fingerprint density at radius 2 is 2.05 bits per heavy atom. The van der Waals surface area contributed by atoms with Gasteiger partial charge in [-0.2, -0.15) is 0 Å². The first-order valence-corrected chi connectivity index (χ1v) is 7.28. The van der Waals surface area contributed by atoms with Crippen molar-refractivity contribution in [3.05, 3.63) is 22.2 Å². The molecule has 0 aliphatic carbocycles. The van der Waals surface area contributed by atoms with E-state index in [1.165, 1.54) is 0 Å². The molecule has 1 rings (SSSR count). The smallest absolute Gasteiger partial charge is 0.161 e. The van der Waals surface area contributed by atoms with Gasteiger partial charge in [0.1, 0.15) is 0 Å². The molecule has 1 atom stereocenters. The van der Waals surface area contributed by atoms with Crippen LogP contribution in [0.2, 0.25) is 0 Å². The van der Waals surface area contributed by atoms with Crippen LogP contribution in [0.25, 0.3) is 0 Å². The van der Waals surface area contributed by atoms with Crippen LogP contribution in [0.15, 0.2) is 16.6 Å². The molecular weight excluding hydrogens is 310 g/mol. The third-order valence-corrected chi connectivity index (χ3v) is 3.67. The van der Waals surface area contributed by atoms with Gasteiger partial charge in [0.25, 0.3) is 0 Å². The average Bonchev–Trinajstić information content (AvgIpc) is 2.42. The third kappa shape index (κ3) is 4.67. The van der Waals surface area contributed by atoms with Gasteiger partial charge < -0.3 is 19.9 Å². The Morgan fingerprint density at radius 3 is 2.58 bits per heavy atom. The van der Waals surface area contributed by atoms with E-state index in [0.717, 1.165) is 22.2 Å². The summed E-state index contributed by atoms with van der Waals surface area (Å²) in [5.74, 6) is 1.45. The predicted octanol–water partition coefficient (Wildman–Crippen LogP) is 2.72. The Labute approximate surface area is 123 Å². The number of benzene rings is 1. The first kappa shape index (κ1) is 16.3. The van der Waals surface area contributed by atoms with Crippen molar-refractivity contribution in [2.24, 2.45) is 0 Å². The second-order valence-electron chi connectivity index (χ2n) is 4.20. The highest BCUT2D eigenvalue weighted by Gasteiger charge is 2.11. The number of methoxy groups -OCH3 is 1. The van der Waals surface area contributed by atoms with Crippen molar-refractivity contribution in [1.29, 1.82) is 0 Å². The highest BCUT2D eigenvalue weighted by molar-refractivity contribution is 9.10. The first-order valence-electron chi connectivity index (χ1n) is 6.49. The van der Waals surface area contributed by atoms with Crippen molar-refractivity contribution in [1.82, 2.24) is 5.32 Å². The second kappa shape index (κ2) is 8.40. The molecule has 1 aromatic rings. The van der Waals surface area contributed by atoms with Crippen molar-refractivity contribution in [3.8, 4) is 11.5 Å². The molecule has 19 heavy (non-hydrogen) atoms. The number of aliphatic hydroxyl groups excluding tert-OH is 1. The van der Waals surface area contributed by atoms with Gasteiger partial charge in [-0.05, 0) is 31.0 Å². The monoisotopic (exact) mass is 331 g/mol. The lowest BCUT2D eigenvalue weighted by atomic mass is 10.1. The Hall–Kier alpha value is -0.780. The van der Waals surface area contributed by atoms with E-state index in [1.807, 2.05) is 26.0 Å². The highest BCUT2D eigenvalue weighted by atomic mass is 79.9. The minimum atomic E-state index is 0.115. The number of aliphatic hydroxyl groups is 1. The van der Waals surface area contributed by atoms with Crippen LogP contribution in [0.1, 0.15) is 25.8 Å². The van der Waals surface area contributed by atoms with Crippen molar-refractivity contribution in [2.45, 2.75) is 32.9 Å². The van der Waals surface area contributed by atoms with Gasteiger partial charge in [0.15, 0.2) is 11.5 Å². The molecular formula is C14H22BrNO3. The van der Waals surface area contributed by atoms with Crippen LogP contribution in [-0.2, 0) is 6.54 Å². The zero-order chi connectivity index (χ0) is 14.3. The Bertz CT molecular complexity index is 395. The summed E-state index contributed by atoms with van der Waals surface area (Å²) in [5, 5.41) is 12.5. The lowest BCUT2D eigenvalue weighted by Crippen LogP contribution is -2.31. The molecule has 0 aromatic heterocycles. The van der Waals surface area contributed by atoms with Gasteiger partial charge in [0.05, 0.1) is 20.3 Å². The number of hydrogen-bond acceptors (Lipinski definition) is 4. The highest BCUT2D eigenvalue weighted by Crippen LogP contribution is 2.33. The zero-order valence-corrected chi connectivity index (χ0v) is 13.3. The Morgan fingerprint density at radius 1 is 1.32 bits per heavy atom. The second-order valence-corrected chi connectivity index (χ2v) is 5.05. The van der Waals surface area contributed by atoms with Crippen molar-refractivity contribution in [3.63, 3.8) is 0 Å². The summed E-state index contributed by atoms with van der Waals surface area (Å²) >= 11 is 3.53. The van der Waals surface area contributed by atoms with E-state index in [4.69, 9.17) is 9.47 Å². The SMILES string of the molecule is CCOc1cc(CNC(CC)CO)c(Br)cc1OC. The van der Waals surface area contributed by atoms with Gasteiger partial charge in [-0.1, -0.05) is 22.9 Å². The third-order valence-electron chi connectivity index (χ3n) is 2.93. The molecule has 0 saturated carbocycles. The van der Waals surface area contributed by atoms with Gasteiger partial charge >= 0.3 is 0 Å². The maximum absolute atomic E-state index is 9.18. The van der Waals surface area contributed by atoms with E-state index >= 15 is 0 Å². The van der Waals surface area contributed by atoms with Crippen molar-refractivity contribution in [2.75, 3.05) is 20.3 Å². The Kier molecular flexibility index (Phi) is 7.20. The molecule has 2 N–H and O–H groups in total. The molecule has 0 aliphatic rings. The average molecular weight is 332 g/mol. The van der Waals surface area contributed by atoms with Crippen LogP contribution in [0.5, 0.6) is 11.5 Å². The van der Waals surface area contributed by atoms with Crippen LogP contribution >= 0.6 is 15.9 Å². The maximum Gasteiger partial charge on any atom is 0.161 e. The van der Waals surface area contributed by atoms with Crippen molar-refractivity contribution < 1.29 is 14.6 Å². The van der Waals surface area contributed by atoms with Crippen LogP contribution in [-0.4, -0.2) is 31.5 Å².